The fraction of sp³-hybridized carbons (Fsp3) is 1.00. The van der Waals surface area contributed by atoms with E-state index in [0.29, 0.717) is 12.2 Å². The van der Waals surface area contributed by atoms with Crippen LogP contribution in [0.5, 0.6) is 0 Å². The van der Waals surface area contributed by atoms with Crippen LogP contribution < -0.4 is 5.32 Å². The van der Waals surface area contributed by atoms with Gasteiger partial charge in [0.1, 0.15) is 0 Å². The van der Waals surface area contributed by atoms with Gasteiger partial charge in [-0.15, -0.1) is 0 Å². The summed E-state index contributed by atoms with van der Waals surface area (Å²) < 4.78 is 6.61. The third-order valence-corrected chi connectivity index (χ3v) is 6.01. The molecule has 1 unspecified atom stereocenters. The lowest BCUT2D eigenvalue weighted by molar-refractivity contribution is -0.152. The lowest BCUT2D eigenvalue weighted by atomic mass is 9.55. The quantitative estimate of drug-likeness (QED) is 0.812. The summed E-state index contributed by atoms with van der Waals surface area (Å²) in [6.07, 6.45) is 12.5. The second-order valence-corrected chi connectivity index (χ2v) is 7.33. The molecule has 102 valence electrons. The van der Waals surface area contributed by atoms with Crippen LogP contribution in [0.1, 0.15) is 51.4 Å². The summed E-state index contributed by atoms with van der Waals surface area (Å²) in [6, 6.07) is 0. The molecule has 0 radical (unpaired) electrons. The van der Waals surface area contributed by atoms with E-state index < -0.39 is 0 Å². The highest BCUT2D eigenvalue weighted by atomic mass is 16.5. The van der Waals surface area contributed by atoms with Gasteiger partial charge >= 0.3 is 0 Å². The van der Waals surface area contributed by atoms with Crippen molar-refractivity contribution in [1.82, 2.24) is 5.32 Å². The predicted molar refractivity (Wildman–Crippen MR) is 72.4 cm³/mol. The molecule has 4 bridgehead atoms. The zero-order valence-electron chi connectivity index (χ0n) is 11.4. The minimum absolute atomic E-state index is 0.558. The molecule has 1 atom stereocenters. The minimum Gasteiger partial charge on any atom is -0.374 e. The molecule has 1 saturated heterocycles. The van der Waals surface area contributed by atoms with Crippen LogP contribution in [0.3, 0.4) is 0 Å². The molecule has 0 spiro atoms. The van der Waals surface area contributed by atoms with Crippen LogP contribution in [0.2, 0.25) is 0 Å². The van der Waals surface area contributed by atoms with Gasteiger partial charge in [0.2, 0.25) is 0 Å². The molecule has 4 aliphatic carbocycles. The Bertz CT molecular complexity index is 267. The molecule has 0 aromatic carbocycles. The second-order valence-electron chi connectivity index (χ2n) is 7.33. The van der Waals surface area contributed by atoms with E-state index in [4.69, 9.17) is 4.74 Å². The lowest BCUT2D eigenvalue weighted by Gasteiger charge is -2.54. The van der Waals surface area contributed by atoms with Gasteiger partial charge in [0, 0.05) is 0 Å². The maximum absolute atomic E-state index is 6.61. The predicted octanol–water partition coefficient (Wildman–Crippen LogP) is 2.97. The number of ether oxygens (including phenoxy) is 1. The Labute approximate surface area is 111 Å². The molecule has 2 heteroatoms. The van der Waals surface area contributed by atoms with Crippen molar-refractivity contribution < 1.29 is 4.74 Å². The van der Waals surface area contributed by atoms with Crippen molar-refractivity contribution in [3.63, 3.8) is 0 Å². The molecular weight excluding hydrogens is 222 g/mol. The van der Waals surface area contributed by atoms with Crippen molar-refractivity contribution in [2.24, 2.45) is 23.7 Å². The molecule has 1 aliphatic heterocycles. The van der Waals surface area contributed by atoms with E-state index in [1.165, 1.54) is 51.5 Å². The number of hydrogen-bond acceptors (Lipinski definition) is 2. The first-order valence-electron chi connectivity index (χ1n) is 8.24. The number of rotatable bonds is 2. The van der Waals surface area contributed by atoms with Crippen molar-refractivity contribution in [3.05, 3.63) is 0 Å². The van der Waals surface area contributed by atoms with Crippen LogP contribution in [0, 0.1) is 23.7 Å². The van der Waals surface area contributed by atoms with E-state index in [-0.39, 0.29) is 0 Å². The molecule has 0 aromatic rings. The maximum atomic E-state index is 6.61. The fourth-order valence-electron chi connectivity index (χ4n) is 5.44. The lowest BCUT2D eigenvalue weighted by Crippen LogP contribution is -2.50. The first kappa shape index (κ1) is 11.7. The van der Waals surface area contributed by atoms with Crippen molar-refractivity contribution in [2.75, 3.05) is 13.1 Å². The van der Waals surface area contributed by atoms with E-state index in [2.05, 4.69) is 5.32 Å². The van der Waals surface area contributed by atoms with Crippen LogP contribution in [-0.2, 0) is 4.74 Å². The fourth-order valence-corrected chi connectivity index (χ4v) is 5.44. The monoisotopic (exact) mass is 249 g/mol. The highest BCUT2D eigenvalue weighted by Gasteiger charge is 2.49. The SMILES string of the molecule is C1CNCCC(OC2C3CC4CC(C3)CC2C4)C1. The first-order valence-corrected chi connectivity index (χ1v) is 8.24. The molecule has 1 heterocycles. The van der Waals surface area contributed by atoms with Crippen LogP contribution >= 0.6 is 0 Å². The Morgan fingerprint density at radius 3 is 2.22 bits per heavy atom. The summed E-state index contributed by atoms with van der Waals surface area (Å²) >= 11 is 0. The third-order valence-electron chi connectivity index (χ3n) is 6.01. The smallest absolute Gasteiger partial charge is 0.0635 e. The van der Waals surface area contributed by atoms with Crippen molar-refractivity contribution >= 4 is 0 Å². The molecule has 5 fully saturated rings. The molecule has 1 N–H and O–H groups in total. The van der Waals surface area contributed by atoms with Crippen molar-refractivity contribution in [1.29, 1.82) is 0 Å². The molecule has 0 amide bonds. The molecule has 5 aliphatic rings. The van der Waals surface area contributed by atoms with Crippen LogP contribution in [-0.4, -0.2) is 25.3 Å². The van der Waals surface area contributed by atoms with E-state index in [1.54, 1.807) is 6.42 Å². The van der Waals surface area contributed by atoms with Crippen LogP contribution in [0.15, 0.2) is 0 Å². The number of nitrogens with one attached hydrogen (secondary N) is 1. The van der Waals surface area contributed by atoms with Crippen LogP contribution in [0.25, 0.3) is 0 Å². The van der Waals surface area contributed by atoms with Gasteiger partial charge in [-0.3, -0.25) is 0 Å². The Kier molecular flexibility index (Phi) is 3.12. The van der Waals surface area contributed by atoms with Crippen molar-refractivity contribution in [2.45, 2.75) is 63.6 Å². The first-order chi connectivity index (χ1) is 8.88. The third kappa shape index (κ3) is 2.12. The van der Waals surface area contributed by atoms with E-state index in [0.717, 1.165) is 30.2 Å². The van der Waals surface area contributed by atoms with Gasteiger partial charge in [-0.2, -0.15) is 0 Å². The topological polar surface area (TPSA) is 21.3 Å². The van der Waals surface area contributed by atoms with E-state index in [1.807, 2.05) is 0 Å². The van der Waals surface area contributed by atoms with Gasteiger partial charge in [0.05, 0.1) is 12.2 Å². The zero-order chi connectivity index (χ0) is 11.9. The van der Waals surface area contributed by atoms with Gasteiger partial charge in [0.15, 0.2) is 0 Å². The van der Waals surface area contributed by atoms with E-state index in [9.17, 15) is 0 Å². The Hall–Kier alpha value is -0.0800. The summed E-state index contributed by atoms with van der Waals surface area (Å²) in [5.41, 5.74) is 0. The molecule has 4 saturated carbocycles. The van der Waals surface area contributed by atoms with Gasteiger partial charge in [-0.25, -0.2) is 0 Å². The standard InChI is InChI=1S/C16H27NO/c1-2-15(3-5-17-4-1)18-16-13-7-11-6-12(9-13)10-14(16)8-11/h11-17H,1-10H2. The molecule has 0 aromatic heterocycles. The Balaban J connectivity index is 1.42. The van der Waals surface area contributed by atoms with E-state index >= 15 is 0 Å². The Morgan fingerprint density at radius 1 is 0.778 bits per heavy atom. The molecular formula is C16H27NO. The summed E-state index contributed by atoms with van der Waals surface area (Å²) in [6.45, 7) is 2.36. The highest BCUT2D eigenvalue weighted by molar-refractivity contribution is 4.99. The summed E-state index contributed by atoms with van der Waals surface area (Å²) in [5, 5.41) is 3.50. The average molecular weight is 249 g/mol. The summed E-state index contributed by atoms with van der Waals surface area (Å²) in [4.78, 5) is 0. The normalized spacial score (nSPS) is 51.3. The van der Waals surface area contributed by atoms with Gasteiger partial charge < -0.3 is 10.1 Å². The molecule has 2 nitrogen and oxygen atoms in total. The average Bonchev–Trinajstić information content (AvgIpc) is 2.61. The second kappa shape index (κ2) is 4.79. The summed E-state index contributed by atoms with van der Waals surface area (Å²) in [7, 11) is 0. The highest BCUT2D eigenvalue weighted by Crippen LogP contribution is 2.55. The largest absolute Gasteiger partial charge is 0.374 e. The van der Waals surface area contributed by atoms with Gasteiger partial charge in [-0.05, 0) is 88.1 Å². The molecule has 18 heavy (non-hydrogen) atoms. The Morgan fingerprint density at radius 2 is 1.50 bits per heavy atom. The minimum atomic E-state index is 0.558. The molecule has 5 rings (SSSR count). The van der Waals surface area contributed by atoms with Gasteiger partial charge in [0.25, 0.3) is 0 Å². The number of hydrogen-bond donors (Lipinski definition) is 1. The maximum Gasteiger partial charge on any atom is 0.0635 e. The van der Waals surface area contributed by atoms with Crippen molar-refractivity contribution in [3.8, 4) is 0 Å². The van der Waals surface area contributed by atoms with Crippen LogP contribution in [0.4, 0.5) is 0 Å². The summed E-state index contributed by atoms with van der Waals surface area (Å²) in [5.74, 6) is 4.00. The zero-order valence-corrected chi connectivity index (χ0v) is 11.4. The van der Waals surface area contributed by atoms with Gasteiger partial charge in [-0.1, -0.05) is 0 Å².